The van der Waals surface area contributed by atoms with Gasteiger partial charge in [-0.25, -0.2) is 4.98 Å². The summed E-state index contributed by atoms with van der Waals surface area (Å²) < 4.78 is 9.20. The van der Waals surface area contributed by atoms with Crippen LogP contribution in [0.4, 0.5) is 0 Å². The monoisotopic (exact) mass is 340 g/mol. The highest BCUT2D eigenvalue weighted by Gasteiger charge is 2.25. The molecule has 1 aliphatic rings. The van der Waals surface area contributed by atoms with Gasteiger partial charge in [-0.3, -0.25) is 0 Å². The van der Waals surface area contributed by atoms with Crippen LogP contribution >= 0.6 is 22.6 Å². The highest BCUT2D eigenvalue weighted by Crippen LogP contribution is 2.35. The van der Waals surface area contributed by atoms with Gasteiger partial charge in [0.25, 0.3) is 0 Å². The summed E-state index contributed by atoms with van der Waals surface area (Å²) >= 11 is 2.29. The van der Waals surface area contributed by atoms with Crippen LogP contribution in [0.25, 0.3) is 0 Å². The van der Waals surface area contributed by atoms with E-state index < -0.39 is 0 Å². The number of hydrogen-bond acceptors (Lipinski definition) is 2. The van der Waals surface area contributed by atoms with Crippen molar-refractivity contribution in [2.45, 2.75) is 25.5 Å². The van der Waals surface area contributed by atoms with Crippen LogP contribution in [-0.4, -0.2) is 9.55 Å². The van der Waals surface area contributed by atoms with Gasteiger partial charge in [0.2, 0.25) is 0 Å². The van der Waals surface area contributed by atoms with Crippen molar-refractivity contribution in [3.05, 3.63) is 46.1 Å². The number of aromatic nitrogens is 2. The Hall–Kier alpha value is -1.04. The Balaban J connectivity index is 1.69. The number of halogens is 1. The normalized spacial score (nSPS) is 14.9. The maximum absolute atomic E-state index is 5.78. The molecule has 17 heavy (non-hydrogen) atoms. The van der Waals surface area contributed by atoms with Gasteiger partial charge in [0.1, 0.15) is 12.4 Å². The maximum atomic E-state index is 5.78. The van der Waals surface area contributed by atoms with Crippen molar-refractivity contribution in [3.63, 3.8) is 0 Å². The Morgan fingerprint density at radius 3 is 3.06 bits per heavy atom. The topological polar surface area (TPSA) is 27.1 Å². The smallest absolute Gasteiger partial charge is 0.130 e. The predicted octanol–water partition coefficient (Wildman–Crippen LogP) is 3.40. The van der Waals surface area contributed by atoms with Gasteiger partial charge >= 0.3 is 0 Å². The van der Waals surface area contributed by atoms with Crippen molar-refractivity contribution in [1.82, 2.24) is 9.55 Å². The number of imidazole rings is 1. The van der Waals surface area contributed by atoms with E-state index in [1.54, 1.807) is 0 Å². The van der Waals surface area contributed by atoms with Gasteiger partial charge in [-0.1, -0.05) is 6.07 Å². The van der Waals surface area contributed by atoms with Crippen molar-refractivity contribution in [2.24, 2.45) is 0 Å². The average Bonchev–Trinajstić information content (AvgIpc) is 3.06. The molecule has 4 heteroatoms. The molecule has 1 aromatic heterocycles. The van der Waals surface area contributed by atoms with Gasteiger partial charge < -0.3 is 9.30 Å². The quantitative estimate of drug-likeness (QED) is 0.798. The number of rotatable bonds is 4. The molecule has 0 N–H and O–H groups in total. The minimum absolute atomic E-state index is 0.594. The van der Waals surface area contributed by atoms with E-state index in [9.17, 15) is 0 Å². The Kier molecular flexibility index (Phi) is 3.05. The minimum atomic E-state index is 0.594. The first kappa shape index (κ1) is 11.1. The van der Waals surface area contributed by atoms with Gasteiger partial charge in [0.15, 0.2) is 0 Å². The largest absolute Gasteiger partial charge is 0.487 e. The van der Waals surface area contributed by atoms with Crippen LogP contribution in [-0.2, 0) is 6.61 Å². The summed E-state index contributed by atoms with van der Waals surface area (Å²) in [4.78, 5) is 4.19. The Morgan fingerprint density at radius 2 is 2.29 bits per heavy atom. The lowest BCUT2D eigenvalue weighted by Gasteiger charge is -2.08. The fourth-order valence-electron chi connectivity index (χ4n) is 1.84. The summed E-state index contributed by atoms with van der Waals surface area (Å²) in [6.45, 7) is 0.594. The van der Waals surface area contributed by atoms with E-state index in [4.69, 9.17) is 4.74 Å². The van der Waals surface area contributed by atoms with Crippen LogP contribution in [0.15, 0.2) is 36.8 Å². The second-order valence-electron chi connectivity index (χ2n) is 4.27. The standard InChI is InChI=1S/C13H13IN2O/c14-10-2-1-3-13(6-10)17-8-12-7-15-9-16(12)11-4-5-11/h1-3,6-7,9,11H,4-5,8H2. The zero-order valence-electron chi connectivity index (χ0n) is 9.34. The molecule has 1 aliphatic carbocycles. The molecule has 0 bridgehead atoms. The van der Waals surface area contributed by atoms with E-state index in [2.05, 4.69) is 38.2 Å². The minimum Gasteiger partial charge on any atom is -0.487 e. The molecule has 3 rings (SSSR count). The van der Waals surface area contributed by atoms with E-state index in [1.807, 2.05) is 30.7 Å². The summed E-state index contributed by atoms with van der Waals surface area (Å²) in [5.74, 6) is 0.917. The van der Waals surface area contributed by atoms with Crippen LogP contribution in [0, 0.1) is 3.57 Å². The van der Waals surface area contributed by atoms with Crippen LogP contribution in [0.1, 0.15) is 24.6 Å². The number of nitrogens with zero attached hydrogens (tertiary/aromatic N) is 2. The van der Waals surface area contributed by atoms with E-state index in [0.717, 1.165) is 11.4 Å². The second-order valence-corrected chi connectivity index (χ2v) is 5.52. The molecule has 0 atom stereocenters. The number of ether oxygens (including phenoxy) is 1. The molecular weight excluding hydrogens is 327 g/mol. The van der Waals surface area contributed by atoms with Gasteiger partial charge in [-0.2, -0.15) is 0 Å². The van der Waals surface area contributed by atoms with Gasteiger partial charge in [-0.05, 0) is 53.6 Å². The summed E-state index contributed by atoms with van der Waals surface area (Å²) in [5, 5.41) is 0. The molecule has 2 aromatic rings. The zero-order chi connectivity index (χ0) is 11.7. The third-order valence-electron chi connectivity index (χ3n) is 2.87. The van der Waals surface area contributed by atoms with Gasteiger partial charge in [0, 0.05) is 9.61 Å². The lowest BCUT2D eigenvalue weighted by molar-refractivity contribution is 0.294. The van der Waals surface area contributed by atoms with Crippen LogP contribution in [0.3, 0.4) is 0 Å². The molecule has 0 saturated heterocycles. The van der Waals surface area contributed by atoms with E-state index in [-0.39, 0.29) is 0 Å². The molecule has 0 spiro atoms. The third-order valence-corrected chi connectivity index (χ3v) is 3.54. The Bertz CT molecular complexity index is 520. The lowest BCUT2D eigenvalue weighted by atomic mass is 10.3. The molecule has 3 nitrogen and oxygen atoms in total. The van der Waals surface area contributed by atoms with Crippen molar-refractivity contribution in [2.75, 3.05) is 0 Å². The Labute approximate surface area is 114 Å². The van der Waals surface area contributed by atoms with Crippen molar-refractivity contribution >= 4 is 22.6 Å². The Morgan fingerprint density at radius 1 is 1.41 bits per heavy atom. The fourth-order valence-corrected chi connectivity index (χ4v) is 2.35. The number of benzene rings is 1. The SMILES string of the molecule is Ic1cccc(OCc2cncn2C2CC2)c1. The van der Waals surface area contributed by atoms with Crippen molar-refractivity contribution in [1.29, 1.82) is 0 Å². The number of hydrogen-bond donors (Lipinski definition) is 0. The first-order valence-corrected chi connectivity index (χ1v) is 6.80. The third kappa shape index (κ3) is 2.62. The van der Waals surface area contributed by atoms with Crippen LogP contribution < -0.4 is 4.74 Å². The molecular formula is C13H13IN2O. The average molecular weight is 340 g/mol. The summed E-state index contributed by atoms with van der Waals surface area (Å²) in [6, 6.07) is 8.75. The summed E-state index contributed by atoms with van der Waals surface area (Å²) in [7, 11) is 0. The highest BCUT2D eigenvalue weighted by molar-refractivity contribution is 14.1. The second kappa shape index (κ2) is 4.68. The molecule has 0 aliphatic heterocycles. The molecule has 1 heterocycles. The maximum Gasteiger partial charge on any atom is 0.130 e. The van der Waals surface area contributed by atoms with Crippen molar-refractivity contribution < 1.29 is 4.74 Å². The molecule has 0 radical (unpaired) electrons. The van der Waals surface area contributed by atoms with Crippen molar-refractivity contribution in [3.8, 4) is 5.75 Å². The fraction of sp³-hybridized carbons (Fsp3) is 0.308. The molecule has 0 amide bonds. The first-order chi connectivity index (χ1) is 8.33. The summed E-state index contributed by atoms with van der Waals surface area (Å²) in [5.41, 5.74) is 1.16. The van der Waals surface area contributed by atoms with Gasteiger partial charge in [0.05, 0.1) is 18.2 Å². The van der Waals surface area contributed by atoms with Gasteiger partial charge in [-0.15, -0.1) is 0 Å². The van der Waals surface area contributed by atoms with E-state index >= 15 is 0 Å². The molecule has 0 unspecified atom stereocenters. The van der Waals surface area contributed by atoms with E-state index in [0.29, 0.717) is 12.6 Å². The van der Waals surface area contributed by atoms with Crippen LogP contribution in [0.5, 0.6) is 5.75 Å². The highest BCUT2D eigenvalue weighted by atomic mass is 127. The van der Waals surface area contributed by atoms with Crippen LogP contribution in [0.2, 0.25) is 0 Å². The predicted molar refractivity (Wildman–Crippen MR) is 74.0 cm³/mol. The lowest BCUT2D eigenvalue weighted by Crippen LogP contribution is -2.03. The van der Waals surface area contributed by atoms with E-state index in [1.165, 1.54) is 16.4 Å². The summed E-state index contributed by atoms with van der Waals surface area (Å²) in [6.07, 6.45) is 6.34. The molecule has 1 fully saturated rings. The molecule has 1 aromatic carbocycles. The molecule has 88 valence electrons. The first-order valence-electron chi connectivity index (χ1n) is 5.72. The molecule has 1 saturated carbocycles. The zero-order valence-corrected chi connectivity index (χ0v) is 11.5.